The monoisotopic (exact) mass is 390 g/mol. The Morgan fingerprint density at radius 1 is 0.667 bits per heavy atom. The van der Waals surface area contributed by atoms with E-state index < -0.39 is 43.5 Å². The van der Waals surface area contributed by atoms with Crippen molar-refractivity contribution in [3.05, 3.63) is 12.2 Å². The summed E-state index contributed by atoms with van der Waals surface area (Å²) in [7, 11) is 0. The Kier molecular flexibility index (Phi) is 14.3. The maximum absolute atomic E-state index is 11.6. The normalized spacial score (nSPS) is 10.0. The van der Waals surface area contributed by atoms with Crippen LogP contribution in [0.5, 0.6) is 0 Å². The number of esters is 4. The Balaban J connectivity index is 3.90. The molecule has 0 heterocycles. The topological polar surface area (TPSA) is 124 Å². The second kappa shape index (κ2) is 15.8. The van der Waals surface area contributed by atoms with Gasteiger partial charge in [-0.3, -0.25) is 4.79 Å². The zero-order chi connectivity index (χ0) is 20.5. The molecule has 0 aliphatic carbocycles. The predicted molar refractivity (Wildman–Crippen MR) is 90.6 cm³/mol. The Hall–Kier alpha value is -2.46. The molecule has 0 aromatic rings. The van der Waals surface area contributed by atoms with Crippen LogP contribution >= 0.6 is 0 Å². The van der Waals surface area contributed by atoms with Crippen molar-refractivity contribution in [1.82, 2.24) is 0 Å². The lowest BCUT2D eigenvalue weighted by Crippen LogP contribution is -2.21. The first kappa shape index (κ1) is 24.5. The van der Waals surface area contributed by atoms with Gasteiger partial charge in [-0.1, -0.05) is 6.58 Å². The fraction of sp³-hybridized carbons (Fsp3) is 0.647. The largest absolute Gasteiger partial charge is 0.461 e. The predicted octanol–water partition coefficient (Wildman–Crippen LogP) is 0.179. The summed E-state index contributed by atoms with van der Waals surface area (Å²) in [5.41, 5.74) is -0.230. The van der Waals surface area contributed by atoms with Crippen molar-refractivity contribution in [1.29, 1.82) is 0 Å². The molecule has 0 radical (unpaired) electrons. The van der Waals surface area contributed by atoms with E-state index in [0.29, 0.717) is 13.2 Å². The van der Waals surface area contributed by atoms with Crippen LogP contribution in [0.25, 0.3) is 0 Å². The minimum atomic E-state index is -0.951. The molecule has 0 saturated carbocycles. The number of hydrogen-bond acceptors (Lipinski definition) is 10. The molecule has 10 heteroatoms. The SMILES string of the molecule is C=C(CC(=O)OCC(=O)OCCOCC)C(=O)OCC(=O)OCCOCC. The van der Waals surface area contributed by atoms with Crippen LogP contribution in [0.4, 0.5) is 0 Å². The molecular formula is C17H26O10. The molecule has 0 atom stereocenters. The van der Waals surface area contributed by atoms with Gasteiger partial charge in [0.15, 0.2) is 13.2 Å². The van der Waals surface area contributed by atoms with Gasteiger partial charge in [0.2, 0.25) is 0 Å². The summed E-state index contributed by atoms with van der Waals surface area (Å²) in [4.78, 5) is 45.8. The van der Waals surface area contributed by atoms with Crippen LogP contribution in [0.2, 0.25) is 0 Å². The van der Waals surface area contributed by atoms with Crippen LogP contribution in [-0.2, 0) is 47.6 Å². The second-order valence-electron chi connectivity index (χ2n) is 4.85. The van der Waals surface area contributed by atoms with Crippen LogP contribution in [0.15, 0.2) is 12.2 Å². The number of hydrogen-bond donors (Lipinski definition) is 0. The van der Waals surface area contributed by atoms with E-state index in [1.807, 2.05) is 0 Å². The number of rotatable bonds is 15. The average molecular weight is 390 g/mol. The maximum atomic E-state index is 11.6. The molecule has 154 valence electrons. The fourth-order valence-electron chi connectivity index (χ4n) is 1.46. The molecule has 0 rings (SSSR count). The van der Waals surface area contributed by atoms with Crippen LogP contribution in [0, 0.1) is 0 Å². The molecule has 0 aromatic heterocycles. The second-order valence-corrected chi connectivity index (χ2v) is 4.85. The molecule has 0 aliphatic rings. The van der Waals surface area contributed by atoms with Crippen molar-refractivity contribution in [2.24, 2.45) is 0 Å². The van der Waals surface area contributed by atoms with E-state index in [1.165, 1.54) is 0 Å². The van der Waals surface area contributed by atoms with Gasteiger partial charge in [0.25, 0.3) is 0 Å². The maximum Gasteiger partial charge on any atom is 0.344 e. The molecule has 0 spiro atoms. The summed E-state index contributed by atoms with van der Waals surface area (Å²) in [6.45, 7) is 7.31. The van der Waals surface area contributed by atoms with E-state index in [4.69, 9.17) is 18.9 Å². The van der Waals surface area contributed by atoms with Gasteiger partial charge < -0.3 is 28.4 Å². The smallest absolute Gasteiger partial charge is 0.344 e. The van der Waals surface area contributed by atoms with Crippen LogP contribution in [0.1, 0.15) is 20.3 Å². The molecule has 0 unspecified atom stereocenters. The first-order chi connectivity index (χ1) is 12.9. The Morgan fingerprint density at radius 3 is 1.63 bits per heavy atom. The molecule has 10 nitrogen and oxygen atoms in total. The highest BCUT2D eigenvalue weighted by Crippen LogP contribution is 2.03. The summed E-state index contributed by atoms with van der Waals surface area (Å²) in [5.74, 6) is -3.31. The molecule has 0 amide bonds. The summed E-state index contributed by atoms with van der Waals surface area (Å²) in [6, 6.07) is 0. The quantitative estimate of drug-likeness (QED) is 0.165. The van der Waals surface area contributed by atoms with Gasteiger partial charge in [-0.2, -0.15) is 0 Å². The summed E-state index contributed by atoms with van der Waals surface area (Å²) < 4.78 is 28.7. The van der Waals surface area contributed by atoms with Gasteiger partial charge in [0.05, 0.1) is 19.6 Å². The Morgan fingerprint density at radius 2 is 1.15 bits per heavy atom. The van der Waals surface area contributed by atoms with Gasteiger partial charge in [-0.05, 0) is 13.8 Å². The fourth-order valence-corrected chi connectivity index (χ4v) is 1.46. The van der Waals surface area contributed by atoms with Crippen molar-refractivity contribution in [2.45, 2.75) is 20.3 Å². The Bertz CT molecular complexity index is 500. The molecule has 0 fully saturated rings. The standard InChI is InChI=1S/C17H26O10/c1-4-22-6-8-24-15(19)11-26-14(18)10-13(3)17(21)27-12-16(20)25-9-7-23-5-2/h3-12H2,1-2H3. The van der Waals surface area contributed by atoms with Crippen molar-refractivity contribution in [3.8, 4) is 0 Å². The Labute approximate surface area is 157 Å². The zero-order valence-electron chi connectivity index (χ0n) is 15.7. The molecule has 0 aliphatic heterocycles. The van der Waals surface area contributed by atoms with Gasteiger partial charge in [-0.25, -0.2) is 14.4 Å². The summed E-state index contributed by atoms with van der Waals surface area (Å²) in [6.07, 6.45) is -0.496. The van der Waals surface area contributed by atoms with Crippen LogP contribution < -0.4 is 0 Å². The first-order valence-electron chi connectivity index (χ1n) is 8.37. The third kappa shape index (κ3) is 14.4. The van der Waals surface area contributed by atoms with E-state index >= 15 is 0 Å². The minimum Gasteiger partial charge on any atom is -0.461 e. The number of carbonyl (C=O) groups is 4. The highest BCUT2D eigenvalue weighted by molar-refractivity contribution is 5.94. The first-order valence-corrected chi connectivity index (χ1v) is 8.37. The summed E-state index contributed by atoms with van der Waals surface area (Å²) >= 11 is 0. The number of carbonyl (C=O) groups excluding carboxylic acids is 4. The van der Waals surface area contributed by atoms with E-state index in [1.54, 1.807) is 13.8 Å². The van der Waals surface area contributed by atoms with E-state index in [-0.39, 0.29) is 32.0 Å². The summed E-state index contributed by atoms with van der Waals surface area (Å²) in [5, 5.41) is 0. The molecule has 27 heavy (non-hydrogen) atoms. The van der Waals surface area contributed by atoms with Gasteiger partial charge in [0, 0.05) is 18.8 Å². The van der Waals surface area contributed by atoms with Crippen molar-refractivity contribution in [2.75, 3.05) is 52.9 Å². The third-order valence-electron chi connectivity index (χ3n) is 2.71. The van der Waals surface area contributed by atoms with E-state index in [0.717, 1.165) is 0 Å². The molecule has 0 saturated heterocycles. The van der Waals surface area contributed by atoms with Crippen molar-refractivity contribution in [3.63, 3.8) is 0 Å². The average Bonchev–Trinajstić information content (AvgIpc) is 2.65. The van der Waals surface area contributed by atoms with E-state index in [9.17, 15) is 19.2 Å². The molecule has 0 aromatic carbocycles. The van der Waals surface area contributed by atoms with Gasteiger partial charge in [0.1, 0.15) is 13.2 Å². The zero-order valence-corrected chi connectivity index (χ0v) is 15.7. The molecule has 0 bridgehead atoms. The van der Waals surface area contributed by atoms with E-state index in [2.05, 4.69) is 16.1 Å². The van der Waals surface area contributed by atoms with Gasteiger partial charge in [-0.15, -0.1) is 0 Å². The van der Waals surface area contributed by atoms with Crippen molar-refractivity contribution >= 4 is 23.9 Å². The molecule has 0 N–H and O–H groups in total. The lowest BCUT2D eigenvalue weighted by molar-refractivity contribution is -0.160. The van der Waals surface area contributed by atoms with Crippen molar-refractivity contribution < 1.29 is 47.6 Å². The third-order valence-corrected chi connectivity index (χ3v) is 2.71. The lowest BCUT2D eigenvalue weighted by atomic mass is 10.2. The highest BCUT2D eigenvalue weighted by Gasteiger charge is 2.17. The van der Waals surface area contributed by atoms with Crippen LogP contribution in [-0.4, -0.2) is 76.7 Å². The van der Waals surface area contributed by atoms with Gasteiger partial charge >= 0.3 is 23.9 Å². The lowest BCUT2D eigenvalue weighted by Gasteiger charge is -2.08. The minimum absolute atomic E-state index is 0.0398. The molecular weight excluding hydrogens is 364 g/mol. The van der Waals surface area contributed by atoms with Crippen LogP contribution in [0.3, 0.4) is 0 Å². The number of ether oxygens (including phenoxy) is 6. The highest BCUT2D eigenvalue weighted by atomic mass is 16.6.